The number of carboxylic acid groups (broad SMARTS) is 4. The van der Waals surface area contributed by atoms with Crippen LogP contribution in [0.25, 0.3) is 0 Å². The van der Waals surface area contributed by atoms with Crippen molar-refractivity contribution in [3.05, 3.63) is 0 Å². The van der Waals surface area contributed by atoms with Gasteiger partial charge in [0, 0.05) is 43.2 Å². The zero-order valence-corrected chi connectivity index (χ0v) is 13.7. The zero-order valence-electron chi connectivity index (χ0n) is 12.8. The molecule has 0 atom stereocenters. The van der Waals surface area contributed by atoms with E-state index in [-0.39, 0.29) is 42.5 Å². The SMILES string of the molecule is O=C([O-])CN(CCN(CC(=O)[O-])CC(=O)O)CC(=O)O.[Cu].[NH4+].[NH4+]. The summed E-state index contributed by atoms with van der Waals surface area (Å²) >= 11 is 0. The zero-order chi connectivity index (χ0) is 15.7. The summed E-state index contributed by atoms with van der Waals surface area (Å²) in [6, 6.07) is 0. The summed E-state index contributed by atoms with van der Waals surface area (Å²) in [4.78, 5) is 43.9. The van der Waals surface area contributed by atoms with Crippen molar-refractivity contribution >= 4 is 23.9 Å². The summed E-state index contributed by atoms with van der Waals surface area (Å²) in [6.07, 6.45) is 0. The Bertz CT molecular complexity index is 327. The van der Waals surface area contributed by atoms with E-state index in [0.717, 1.165) is 9.80 Å². The molecule has 0 saturated carbocycles. The van der Waals surface area contributed by atoms with Crippen molar-refractivity contribution in [1.29, 1.82) is 0 Å². The first-order valence-electron chi connectivity index (χ1n) is 5.48. The van der Waals surface area contributed by atoms with Gasteiger partial charge >= 0.3 is 11.9 Å². The summed E-state index contributed by atoms with van der Waals surface area (Å²) in [6.45, 7) is -2.75. The van der Waals surface area contributed by atoms with Crippen molar-refractivity contribution in [3.63, 3.8) is 0 Å². The molecule has 0 spiro atoms. The van der Waals surface area contributed by atoms with E-state index in [2.05, 4.69) is 0 Å². The monoisotopic (exact) mass is 389 g/mol. The molecular formula is C10H22CuN4O8. The summed E-state index contributed by atoms with van der Waals surface area (Å²) in [7, 11) is 0. The maximum atomic E-state index is 10.5. The molecule has 0 saturated heterocycles. The van der Waals surface area contributed by atoms with Gasteiger partial charge in [0.1, 0.15) is 0 Å². The molecule has 0 aliphatic rings. The maximum Gasteiger partial charge on any atom is 0.317 e. The van der Waals surface area contributed by atoms with Crippen LogP contribution in [-0.4, -0.2) is 83.2 Å². The molecule has 0 bridgehead atoms. The van der Waals surface area contributed by atoms with Gasteiger partial charge < -0.3 is 42.3 Å². The molecule has 13 heteroatoms. The van der Waals surface area contributed by atoms with Crippen LogP contribution in [0.4, 0.5) is 0 Å². The summed E-state index contributed by atoms with van der Waals surface area (Å²) in [5.74, 6) is -5.52. The van der Waals surface area contributed by atoms with Crippen LogP contribution in [0.1, 0.15) is 0 Å². The molecule has 0 heterocycles. The van der Waals surface area contributed by atoms with Gasteiger partial charge in [-0.2, -0.15) is 0 Å². The van der Waals surface area contributed by atoms with Gasteiger partial charge in [0.2, 0.25) is 0 Å². The molecule has 0 aliphatic carbocycles. The Morgan fingerprint density at radius 2 is 0.957 bits per heavy atom. The number of rotatable bonds is 11. The van der Waals surface area contributed by atoms with E-state index in [1.54, 1.807) is 0 Å². The van der Waals surface area contributed by atoms with Crippen molar-refractivity contribution in [2.75, 3.05) is 39.3 Å². The van der Waals surface area contributed by atoms with Gasteiger partial charge in [-0.3, -0.25) is 19.4 Å². The van der Waals surface area contributed by atoms with Crippen LogP contribution < -0.4 is 22.5 Å². The van der Waals surface area contributed by atoms with Crippen LogP contribution in [0.2, 0.25) is 0 Å². The van der Waals surface area contributed by atoms with Gasteiger partial charge in [0.25, 0.3) is 0 Å². The largest absolute Gasteiger partial charge is 0.549 e. The Balaban J connectivity index is -0.000000602. The molecule has 0 aromatic heterocycles. The van der Waals surface area contributed by atoms with Crippen LogP contribution in [0, 0.1) is 0 Å². The fraction of sp³-hybridized carbons (Fsp3) is 0.600. The van der Waals surface area contributed by atoms with E-state index in [4.69, 9.17) is 10.2 Å². The maximum absolute atomic E-state index is 10.5. The second-order valence-corrected chi connectivity index (χ2v) is 3.95. The third-order valence-corrected chi connectivity index (χ3v) is 2.16. The molecular weight excluding hydrogens is 368 g/mol. The summed E-state index contributed by atoms with van der Waals surface area (Å²) in [5.41, 5.74) is 0. The molecule has 1 radical (unpaired) electrons. The first-order chi connectivity index (χ1) is 9.20. The molecule has 0 aromatic carbocycles. The second kappa shape index (κ2) is 15.1. The molecule has 23 heavy (non-hydrogen) atoms. The van der Waals surface area contributed by atoms with E-state index in [9.17, 15) is 29.4 Å². The summed E-state index contributed by atoms with van der Waals surface area (Å²) < 4.78 is 0. The molecule has 0 aromatic rings. The van der Waals surface area contributed by atoms with Gasteiger partial charge in [0.15, 0.2) is 0 Å². The minimum atomic E-state index is -1.49. The molecule has 0 aliphatic heterocycles. The number of carboxylic acids is 4. The van der Waals surface area contributed by atoms with E-state index < -0.39 is 50.1 Å². The third-order valence-electron chi connectivity index (χ3n) is 2.16. The van der Waals surface area contributed by atoms with Gasteiger partial charge in [-0.1, -0.05) is 0 Å². The predicted octanol–water partition coefficient (Wildman–Crippen LogP) is -3.99. The van der Waals surface area contributed by atoms with Crippen LogP contribution in [0.3, 0.4) is 0 Å². The second-order valence-electron chi connectivity index (χ2n) is 3.95. The molecule has 12 nitrogen and oxygen atoms in total. The van der Waals surface area contributed by atoms with Gasteiger partial charge in [-0.15, -0.1) is 0 Å². The number of nitrogens with zero attached hydrogens (tertiary/aromatic N) is 2. The average Bonchev–Trinajstić information content (AvgIpc) is 2.22. The molecule has 0 fully saturated rings. The average molecular weight is 390 g/mol. The number of quaternary nitrogens is 2. The van der Waals surface area contributed by atoms with E-state index in [1.807, 2.05) is 0 Å². The molecule has 0 amide bonds. The van der Waals surface area contributed by atoms with Crippen LogP contribution in [0.15, 0.2) is 0 Å². The van der Waals surface area contributed by atoms with E-state index in [0.29, 0.717) is 0 Å². The Morgan fingerprint density at radius 1 is 0.696 bits per heavy atom. The topological polar surface area (TPSA) is 234 Å². The van der Waals surface area contributed by atoms with Gasteiger partial charge in [-0.05, 0) is 0 Å². The molecule has 10 N–H and O–H groups in total. The third kappa shape index (κ3) is 18.2. The molecule has 141 valence electrons. The minimum absolute atomic E-state index is 0. The van der Waals surface area contributed by atoms with E-state index >= 15 is 0 Å². The smallest absolute Gasteiger partial charge is 0.317 e. The van der Waals surface area contributed by atoms with Crippen LogP contribution >= 0.6 is 0 Å². The van der Waals surface area contributed by atoms with Crippen molar-refractivity contribution in [2.45, 2.75) is 0 Å². The van der Waals surface area contributed by atoms with Crippen molar-refractivity contribution in [3.8, 4) is 0 Å². The molecule has 0 rings (SSSR count). The fourth-order valence-corrected chi connectivity index (χ4v) is 1.46. The number of hydrogen-bond acceptors (Lipinski definition) is 8. The van der Waals surface area contributed by atoms with Crippen LogP contribution in [-0.2, 0) is 36.2 Å². The molecule has 0 unspecified atom stereocenters. The van der Waals surface area contributed by atoms with E-state index in [1.165, 1.54) is 0 Å². The predicted molar refractivity (Wildman–Crippen MR) is 70.1 cm³/mol. The van der Waals surface area contributed by atoms with Gasteiger partial charge in [0.05, 0.1) is 25.0 Å². The Kier molecular flexibility index (Phi) is 19.3. The first kappa shape index (κ1) is 29.3. The number of carbonyl (C=O) groups excluding carboxylic acids is 2. The van der Waals surface area contributed by atoms with Crippen LogP contribution in [0.5, 0.6) is 0 Å². The van der Waals surface area contributed by atoms with Gasteiger partial charge in [-0.25, -0.2) is 0 Å². The number of hydrogen-bond donors (Lipinski definition) is 4. The Hall–Kier alpha value is -1.76. The number of aliphatic carboxylic acids is 4. The van der Waals surface area contributed by atoms with Crippen molar-refractivity contribution in [2.24, 2.45) is 0 Å². The standard InChI is InChI=1S/C10H16N2O8.Cu.2H3N/c13-7(14)3-11(4-8(15)16)1-2-12(5-9(17)18)6-10(19)20;;;/h1-6H2,(H,13,14)(H,15,16)(H,17,18)(H,19,20);;2*1H3. The van der Waals surface area contributed by atoms with Crippen molar-refractivity contribution < 1.29 is 56.7 Å². The first-order valence-corrected chi connectivity index (χ1v) is 5.48. The Labute approximate surface area is 142 Å². The number of carbonyl (C=O) groups is 4. The minimum Gasteiger partial charge on any atom is -0.549 e. The quantitative estimate of drug-likeness (QED) is 0.250. The normalized spacial score (nSPS) is 9.30. The summed E-state index contributed by atoms with van der Waals surface area (Å²) in [5, 5.41) is 38.0. The van der Waals surface area contributed by atoms with Crippen molar-refractivity contribution in [1.82, 2.24) is 22.1 Å². The Morgan fingerprint density at radius 3 is 1.13 bits per heavy atom. The fourth-order valence-electron chi connectivity index (χ4n) is 1.46.